The molecule has 1 aromatic rings. The lowest BCUT2D eigenvalue weighted by Crippen LogP contribution is -2.43. The second kappa shape index (κ2) is 5.14. The lowest BCUT2D eigenvalue weighted by atomic mass is 10.1. The molecule has 3 N–H and O–H groups in total. The van der Waals surface area contributed by atoms with E-state index < -0.39 is 0 Å². The Bertz CT molecular complexity index is 347. The first kappa shape index (κ1) is 12.0. The maximum Gasteiger partial charge on any atom is 0.264 e. The largest absolute Gasteiger partial charge is 0.354 e. The maximum atomic E-state index is 10.8. The number of hydrogen-bond donors (Lipinski definition) is 2. The van der Waals surface area contributed by atoms with Crippen molar-refractivity contribution >= 4 is 18.2 Å². The van der Waals surface area contributed by atoms with Crippen molar-refractivity contribution in [2.24, 2.45) is 5.73 Å². The molecule has 1 unspecified atom stereocenters. The van der Waals surface area contributed by atoms with E-state index in [1.165, 1.54) is 6.07 Å². The number of aromatic amines is 1. The highest BCUT2D eigenvalue weighted by atomic mass is 35.5. The minimum atomic E-state index is -0.171. The third-order valence-electron chi connectivity index (χ3n) is 2.45. The molecule has 1 atom stereocenters. The highest BCUT2D eigenvalue weighted by Crippen LogP contribution is 2.14. The molecular weight excluding hydrogens is 216 g/mol. The molecule has 6 heteroatoms. The van der Waals surface area contributed by atoms with Gasteiger partial charge in [0.2, 0.25) is 0 Å². The third-order valence-corrected chi connectivity index (χ3v) is 2.45. The summed E-state index contributed by atoms with van der Waals surface area (Å²) in [7, 11) is 0. The van der Waals surface area contributed by atoms with Gasteiger partial charge in [0.15, 0.2) is 0 Å². The van der Waals surface area contributed by atoms with Gasteiger partial charge >= 0.3 is 0 Å². The minimum absolute atomic E-state index is 0. The number of piperidine rings is 1. The van der Waals surface area contributed by atoms with E-state index in [4.69, 9.17) is 5.73 Å². The van der Waals surface area contributed by atoms with Crippen molar-refractivity contribution in [3.05, 3.63) is 22.5 Å². The van der Waals surface area contributed by atoms with Crippen LogP contribution >= 0.6 is 12.4 Å². The molecule has 1 aliphatic heterocycles. The second-order valence-electron chi connectivity index (χ2n) is 3.63. The van der Waals surface area contributed by atoms with E-state index in [-0.39, 0.29) is 24.0 Å². The second-order valence-corrected chi connectivity index (χ2v) is 3.63. The highest BCUT2D eigenvalue weighted by Gasteiger charge is 2.17. The third kappa shape index (κ3) is 2.94. The first-order valence-corrected chi connectivity index (χ1v) is 4.82. The average molecular weight is 231 g/mol. The van der Waals surface area contributed by atoms with Gasteiger partial charge in [-0.15, -0.1) is 12.4 Å². The first-order chi connectivity index (χ1) is 6.75. The van der Waals surface area contributed by atoms with Crippen LogP contribution in [0.5, 0.6) is 0 Å². The Morgan fingerprint density at radius 1 is 1.53 bits per heavy atom. The zero-order valence-corrected chi connectivity index (χ0v) is 9.17. The molecule has 2 heterocycles. The fourth-order valence-corrected chi connectivity index (χ4v) is 1.73. The van der Waals surface area contributed by atoms with Gasteiger partial charge in [-0.1, -0.05) is 0 Å². The quantitative estimate of drug-likeness (QED) is 0.719. The molecule has 0 saturated carbocycles. The number of nitrogens with one attached hydrogen (secondary N) is 1. The van der Waals surface area contributed by atoms with Gasteiger partial charge in [0.25, 0.3) is 5.56 Å². The van der Waals surface area contributed by atoms with Crippen molar-refractivity contribution < 1.29 is 0 Å². The summed E-state index contributed by atoms with van der Waals surface area (Å²) in [5.74, 6) is 0.805. The van der Waals surface area contributed by atoms with Crippen molar-refractivity contribution in [1.29, 1.82) is 0 Å². The average Bonchev–Trinajstić information content (AvgIpc) is 2.19. The van der Waals surface area contributed by atoms with E-state index >= 15 is 0 Å². The minimum Gasteiger partial charge on any atom is -0.354 e. The molecule has 0 aliphatic carbocycles. The molecule has 1 fully saturated rings. The van der Waals surface area contributed by atoms with E-state index in [2.05, 4.69) is 15.1 Å². The number of H-pyrrole nitrogens is 1. The standard InChI is InChI=1S/C9H14N4O.ClH/c10-7-2-1-5-13(6-7)8-3-4-9(14)12-11-8;/h3-4,7H,1-2,5-6,10H2,(H,12,14);1H. The summed E-state index contributed by atoms with van der Waals surface area (Å²) in [4.78, 5) is 12.9. The lowest BCUT2D eigenvalue weighted by Gasteiger charge is -2.31. The summed E-state index contributed by atoms with van der Waals surface area (Å²) in [6, 6.07) is 3.44. The van der Waals surface area contributed by atoms with Gasteiger partial charge in [-0.25, -0.2) is 5.10 Å². The van der Waals surface area contributed by atoms with Crippen LogP contribution in [0.4, 0.5) is 5.82 Å². The molecule has 84 valence electrons. The monoisotopic (exact) mass is 230 g/mol. The molecule has 0 spiro atoms. The molecule has 5 nitrogen and oxygen atoms in total. The van der Waals surface area contributed by atoms with E-state index in [0.717, 1.165) is 31.7 Å². The molecule has 1 saturated heterocycles. The van der Waals surface area contributed by atoms with E-state index in [9.17, 15) is 4.79 Å². The van der Waals surface area contributed by atoms with Gasteiger partial charge in [-0.05, 0) is 18.9 Å². The number of nitrogens with two attached hydrogens (primary N) is 1. The summed E-state index contributed by atoms with van der Waals surface area (Å²) in [6.07, 6.45) is 2.15. The van der Waals surface area contributed by atoms with Gasteiger partial charge in [0.05, 0.1) is 0 Å². The van der Waals surface area contributed by atoms with Crippen LogP contribution in [0.2, 0.25) is 0 Å². The van der Waals surface area contributed by atoms with Crippen LogP contribution in [0.25, 0.3) is 0 Å². The summed E-state index contributed by atoms with van der Waals surface area (Å²) >= 11 is 0. The lowest BCUT2D eigenvalue weighted by molar-refractivity contribution is 0.502. The Kier molecular flexibility index (Phi) is 4.11. The Labute approximate surface area is 94.1 Å². The first-order valence-electron chi connectivity index (χ1n) is 4.82. The number of hydrogen-bond acceptors (Lipinski definition) is 4. The van der Waals surface area contributed by atoms with Crippen LogP contribution in [-0.2, 0) is 0 Å². The molecule has 1 aliphatic rings. The smallest absolute Gasteiger partial charge is 0.264 e. The Morgan fingerprint density at radius 3 is 2.93 bits per heavy atom. The molecule has 0 aromatic carbocycles. The summed E-state index contributed by atoms with van der Waals surface area (Å²) in [6.45, 7) is 1.78. The van der Waals surface area contributed by atoms with Crippen molar-refractivity contribution in [2.45, 2.75) is 18.9 Å². The number of anilines is 1. The summed E-state index contributed by atoms with van der Waals surface area (Å²) < 4.78 is 0. The molecular formula is C9H15ClN4O. The van der Waals surface area contributed by atoms with Gasteiger partial charge in [-0.3, -0.25) is 4.79 Å². The van der Waals surface area contributed by atoms with E-state index in [1.807, 2.05) is 0 Å². The fraction of sp³-hybridized carbons (Fsp3) is 0.556. The van der Waals surface area contributed by atoms with E-state index in [1.54, 1.807) is 6.07 Å². The van der Waals surface area contributed by atoms with Gasteiger partial charge in [-0.2, -0.15) is 5.10 Å². The number of aromatic nitrogens is 2. The predicted molar refractivity (Wildman–Crippen MR) is 61.5 cm³/mol. The maximum absolute atomic E-state index is 10.8. The van der Waals surface area contributed by atoms with Crippen molar-refractivity contribution in [3.8, 4) is 0 Å². The van der Waals surface area contributed by atoms with Crippen LogP contribution in [-0.4, -0.2) is 29.3 Å². The summed E-state index contributed by atoms with van der Waals surface area (Å²) in [5, 5.41) is 6.39. The van der Waals surface area contributed by atoms with Gasteiger partial charge < -0.3 is 10.6 Å². The summed E-state index contributed by atoms with van der Waals surface area (Å²) in [5.41, 5.74) is 5.68. The van der Waals surface area contributed by atoms with Gasteiger partial charge in [0.1, 0.15) is 5.82 Å². The van der Waals surface area contributed by atoms with Crippen molar-refractivity contribution in [2.75, 3.05) is 18.0 Å². The Hall–Kier alpha value is -1.07. The Morgan fingerprint density at radius 2 is 2.33 bits per heavy atom. The van der Waals surface area contributed by atoms with Crippen molar-refractivity contribution in [3.63, 3.8) is 0 Å². The van der Waals surface area contributed by atoms with Crippen molar-refractivity contribution in [1.82, 2.24) is 10.2 Å². The molecule has 2 rings (SSSR count). The van der Waals surface area contributed by atoms with Crippen LogP contribution in [0, 0.1) is 0 Å². The van der Waals surface area contributed by atoms with E-state index in [0.29, 0.717) is 0 Å². The zero-order valence-electron chi connectivity index (χ0n) is 8.35. The van der Waals surface area contributed by atoms with Crippen LogP contribution in [0.3, 0.4) is 0 Å². The SMILES string of the molecule is Cl.NC1CCCN(c2ccc(=O)[nH]n2)C1. The number of halogens is 1. The highest BCUT2D eigenvalue weighted by molar-refractivity contribution is 5.85. The number of nitrogens with zero attached hydrogens (tertiary/aromatic N) is 2. The zero-order chi connectivity index (χ0) is 9.97. The van der Waals surface area contributed by atoms with Crippen LogP contribution < -0.4 is 16.2 Å². The fourth-order valence-electron chi connectivity index (χ4n) is 1.73. The molecule has 0 bridgehead atoms. The number of rotatable bonds is 1. The molecule has 15 heavy (non-hydrogen) atoms. The topological polar surface area (TPSA) is 75.0 Å². The van der Waals surface area contributed by atoms with Gasteiger partial charge in [0, 0.05) is 25.2 Å². The van der Waals surface area contributed by atoms with Crippen LogP contribution in [0.1, 0.15) is 12.8 Å². The van der Waals surface area contributed by atoms with Crippen LogP contribution in [0.15, 0.2) is 16.9 Å². The predicted octanol–water partition coefficient (Wildman–Crippen LogP) is 0.119. The Balaban J connectivity index is 0.00000112. The molecule has 0 radical (unpaired) electrons. The molecule has 0 amide bonds. The normalized spacial score (nSPS) is 20.9. The molecule has 1 aromatic heterocycles.